The summed E-state index contributed by atoms with van der Waals surface area (Å²) in [4.78, 5) is 18.9. The number of fused-ring (bicyclic) bond motifs is 2. The van der Waals surface area contributed by atoms with Crippen LogP contribution in [0.1, 0.15) is 42.9 Å². The number of hydrogen-bond donors (Lipinski definition) is 1. The monoisotopic (exact) mass is 445 g/mol. The number of aryl methyl sites for hydroxylation is 1. The molecule has 0 saturated carbocycles. The van der Waals surface area contributed by atoms with E-state index in [4.69, 9.17) is 11.6 Å². The molecule has 0 bridgehead atoms. The van der Waals surface area contributed by atoms with Gasteiger partial charge < -0.3 is 10.2 Å². The van der Waals surface area contributed by atoms with Gasteiger partial charge in [0.1, 0.15) is 0 Å². The van der Waals surface area contributed by atoms with Gasteiger partial charge in [0.15, 0.2) is 0 Å². The third kappa shape index (κ3) is 4.24. The van der Waals surface area contributed by atoms with E-state index < -0.39 is 0 Å². The lowest BCUT2D eigenvalue weighted by atomic mass is 9.84. The van der Waals surface area contributed by atoms with Crippen LogP contribution >= 0.6 is 11.6 Å². The Hall–Kier alpha value is -2.85. The molecular weight excluding hydrogens is 418 g/mol. The molecular formula is C27H28ClN3O. The molecule has 32 heavy (non-hydrogen) atoms. The summed E-state index contributed by atoms with van der Waals surface area (Å²) in [5.74, 6) is 0.197. The number of halogens is 1. The highest BCUT2D eigenvalue weighted by atomic mass is 35.5. The Morgan fingerprint density at radius 3 is 2.69 bits per heavy atom. The van der Waals surface area contributed by atoms with Crippen molar-refractivity contribution in [3.05, 3.63) is 93.4 Å². The van der Waals surface area contributed by atoms with Gasteiger partial charge in [-0.1, -0.05) is 29.3 Å². The maximum Gasteiger partial charge on any atom is 0.227 e. The fourth-order valence-corrected chi connectivity index (χ4v) is 5.36. The molecule has 1 aliphatic carbocycles. The molecule has 1 amide bonds. The molecule has 0 radical (unpaired) electrons. The molecule has 164 valence electrons. The lowest BCUT2D eigenvalue weighted by Gasteiger charge is -2.33. The number of allylic oxidation sites excluding steroid dienone is 2. The molecule has 3 aliphatic rings. The molecule has 0 spiro atoms. The zero-order chi connectivity index (χ0) is 22.1. The van der Waals surface area contributed by atoms with Crippen molar-refractivity contribution in [2.45, 2.75) is 45.1 Å². The second-order valence-electron chi connectivity index (χ2n) is 8.94. The zero-order valence-corrected chi connectivity index (χ0v) is 19.2. The summed E-state index contributed by atoms with van der Waals surface area (Å²) < 4.78 is 0. The van der Waals surface area contributed by atoms with Crippen LogP contribution in [0.2, 0.25) is 5.02 Å². The van der Waals surface area contributed by atoms with E-state index in [1.165, 1.54) is 33.4 Å². The van der Waals surface area contributed by atoms with Gasteiger partial charge >= 0.3 is 0 Å². The quantitative estimate of drug-likeness (QED) is 0.699. The molecule has 1 saturated heterocycles. The van der Waals surface area contributed by atoms with Crippen molar-refractivity contribution in [3.63, 3.8) is 0 Å². The number of likely N-dealkylation sites (tertiary alicyclic amines) is 1. The average molecular weight is 446 g/mol. The van der Waals surface area contributed by atoms with E-state index in [1.54, 1.807) is 12.4 Å². The summed E-state index contributed by atoms with van der Waals surface area (Å²) >= 11 is 6.36. The number of nitrogens with one attached hydrogen (secondary N) is 1. The van der Waals surface area contributed by atoms with Crippen molar-refractivity contribution in [3.8, 4) is 0 Å². The number of aromatic nitrogens is 1. The number of pyridine rings is 1. The van der Waals surface area contributed by atoms with E-state index in [1.807, 2.05) is 23.1 Å². The van der Waals surface area contributed by atoms with Gasteiger partial charge in [0, 0.05) is 36.7 Å². The SMILES string of the molecule is CC1=CNC2C(=C1)CCc1cc(Cl)ccc1C2=C1CCN(C(=O)Cc2ccncc2)CC1. The molecule has 2 aromatic rings. The van der Waals surface area contributed by atoms with Gasteiger partial charge in [0.2, 0.25) is 5.91 Å². The number of hydrogen-bond acceptors (Lipinski definition) is 3. The number of amides is 1. The van der Waals surface area contributed by atoms with Crippen LogP contribution in [0, 0.1) is 0 Å². The smallest absolute Gasteiger partial charge is 0.227 e. The van der Waals surface area contributed by atoms with E-state index in [2.05, 4.69) is 41.6 Å². The van der Waals surface area contributed by atoms with Crippen molar-refractivity contribution < 1.29 is 4.79 Å². The molecule has 4 nitrogen and oxygen atoms in total. The first-order valence-electron chi connectivity index (χ1n) is 11.4. The highest BCUT2D eigenvalue weighted by Crippen LogP contribution is 2.40. The van der Waals surface area contributed by atoms with Crippen molar-refractivity contribution in [1.29, 1.82) is 0 Å². The Morgan fingerprint density at radius 1 is 1.12 bits per heavy atom. The Balaban J connectivity index is 1.42. The lowest BCUT2D eigenvalue weighted by molar-refractivity contribution is -0.130. The van der Waals surface area contributed by atoms with Crippen LogP contribution in [0.3, 0.4) is 0 Å². The fourth-order valence-electron chi connectivity index (χ4n) is 5.17. The first kappa shape index (κ1) is 21.0. The number of rotatable bonds is 2. The molecule has 5 heteroatoms. The van der Waals surface area contributed by atoms with Gasteiger partial charge in [-0.15, -0.1) is 0 Å². The third-order valence-electron chi connectivity index (χ3n) is 6.80. The largest absolute Gasteiger partial charge is 0.380 e. The summed E-state index contributed by atoms with van der Waals surface area (Å²) in [5.41, 5.74) is 9.22. The van der Waals surface area contributed by atoms with Crippen LogP contribution < -0.4 is 5.32 Å². The molecule has 5 rings (SSSR count). The zero-order valence-electron chi connectivity index (χ0n) is 18.4. The van der Waals surface area contributed by atoms with Crippen LogP contribution in [0.25, 0.3) is 5.57 Å². The highest BCUT2D eigenvalue weighted by Gasteiger charge is 2.31. The maximum atomic E-state index is 12.9. The van der Waals surface area contributed by atoms with Gasteiger partial charge in [-0.05, 0) is 90.3 Å². The molecule has 1 aromatic carbocycles. The second-order valence-corrected chi connectivity index (χ2v) is 9.38. The van der Waals surface area contributed by atoms with Crippen LogP contribution in [0.5, 0.6) is 0 Å². The lowest BCUT2D eigenvalue weighted by Crippen LogP contribution is -2.38. The van der Waals surface area contributed by atoms with Gasteiger partial charge in [-0.25, -0.2) is 0 Å². The van der Waals surface area contributed by atoms with E-state index >= 15 is 0 Å². The summed E-state index contributed by atoms with van der Waals surface area (Å²) in [7, 11) is 0. The molecule has 2 aliphatic heterocycles. The molecule has 1 atom stereocenters. The minimum atomic E-state index is 0.197. The number of benzene rings is 1. The topological polar surface area (TPSA) is 45.2 Å². The van der Waals surface area contributed by atoms with Crippen LogP contribution in [-0.2, 0) is 17.6 Å². The van der Waals surface area contributed by atoms with E-state index in [0.717, 1.165) is 49.4 Å². The van der Waals surface area contributed by atoms with E-state index in [9.17, 15) is 4.79 Å². The number of nitrogens with zero attached hydrogens (tertiary/aromatic N) is 2. The minimum absolute atomic E-state index is 0.197. The molecule has 1 aromatic heterocycles. The third-order valence-corrected chi connectivity index (χ3v) is 7.03. The predicted molar refractivity (Wildman–Crippen MR) is 129 cm³/mol. The highest BCUT2D eigenvalue weighted by molar-refractivity contribution is 6.30. The van der Waals surface area contributed by atoms with E-state index in [-0.39, 0.29) is 11.9 Å². The minimum Gasteiger partial charge on any atom is -0.380 e. The summed E-state index contributed by atoms with van der Waals surface area (Å²) in [6.45, 7) is 3.68. The maximum absolute atomic E-state index is 12.9. The number of carbonyl (C=O) groups is 1. The van der Waals surface area contributed by atoms with Gasteiger partial charge in [-0.3, -0.25) is 9.78 Å². The van der Waals surface area contributed by atoms with Gasteiger partial charge in [0.25, 0.3) is 0 Å². The Morgan fingerprint density at radius 2 is 1.91 bits per heavy atom. The normalized spacial score (nSPS) is 20.4. The predicted octanol–water partition coefficient (Wildman–Crippen LogP) is 5.10. The summed E-state index contributed by atoms with van der Waals surface area (Å²) in [5, 5.41) is 4.47. The molecule has 1 N–H and O–H groups in total. The number of dihydropyridines is 1. The van der Waals surface area contributed by atoms with Crippen molar-refractivity contribution in [2.24, 2.45) is 0 Å². The number of piperidine rings is 1. The van der Waals surface area contributed by atoms with Crippen molar-refractivity contribution in [1.82, 2.24) is 15.2 Å². The summed E-state index contributed by atoms with van der Waals surface area (Å²) in [6, 6.07) is 10.4. The standard InChI is InChI=1S/C27H28ClN3O/c1-18-14-22-3-2-21-16-23(28)4-5-24(21)26(27(22)30-17-18)20-8-12-31(13-9-20)25(32)15-19-6-10-29-11-7-19/h4-7,10-11,14,16-17,27,30H,2-3,8-9,12-13,15H2,1H3. The molecule has 1 fully saturated rings. The second kappa shape index (κ2) is 8.95. The van der Waals surface area contributed by atoms with Crippen molar-refractivity contribution >= 4 is 23.1 Å². The van der Waals surface area contributed by atoms with Crippen molar-refractivity contribution in [2.75, 3.05) is 13.1 Å². The fraction of sp³-hybridized carbons (Fsp3) is 0.333. The summed E-state index contributed by atoms with van der Waals surface area (Å²) in [6.07, 6.45) is 12.2. The van der Waals surface area contributed by atoms with Gasteiger partial charge in [-0.2, -0.15) is 0 Å². The number of carbonyl (C=O) groups excluding carboxylic acids is 1. The first-order valence-corrected chi connectivity index (χ1v) is 11.8. The Bertz CT molecular complexity index is 1120. The van der Waals surface area contributed by atoms with Crippen LogP contribution in [0.15, 0.2) is 71.7 Å². The molecule has 1 unspecified atom stereocenters. The Kier molecular flexibility index (Phi) is 5.88. The van der Waals surface area contributed by atoms with Crippen LogP contribution in [-0.4, -0.2) is 34.9 Å². The Labute approximate surface area is 194 Å². The van der Waals surface area contributed by atoms with E-state index in [0.29, 0.717) is 6.42 Å². The first-order chi connectivity index (χ1) is 15.6. The molecule has 3 heterocycles. The van der Waals surface area contributed by atoms with Gasteiger partial charge in [0.05, 0.1) is 12.5 Å². The van der Waals surface area contributed by atoms with Crippen LogP contribution in [0.4, 0.5) is 0 Å². The average Bonchev–Trinajstić information content (AvgIpc) is 2.96.